The minimum absolute atomic E-state index is 0.0746. The molecule has 0 spiro atoms. The third-order valence-electron chi connectivity index (χ3n) is 3.44. The maximum absolute atomic E-state index is 11.9. The molecule has 1 saturated carbocycles. The zero-order valence-electron chi connectivity index (χ0n) is 9.24. The molecular weight excluding hydrogens is 192 g/mol. The van der Waals surface area contributed by atoms with E-state index in [1.807, 2.05) is 4.90 Å². The van der Waals surface area contributed by atoms with Crippen molar-refractivity contribution in [3.63, 3.8) is 0 Å². The zero-order valence-corrected chi connectivity index (χ0v) is 9.24. The standard InChI is InChI=1S/C11H18N2O2/c1-9(14)12-7-8-13(11(12)15)10-5-3-2-4-6-10/h10H,2-8H2,1H3. The van der Waals surface area contributed by atoms with Crippen molar-refractivity contribution in [1.29, 1.82) is 0 Å². The predicted molar refractivity (Wildman–Crippen MR) is 56.4 cm³/mol. The lowest BCUT2D eigenvalue weighted by Crippen LogP contribution is -2.41. The number of carbonyl (C=O) groups is 2. The number of urea groups is 1. The molecule has 0 radical (unpaired) electrons. The lowest BCUT2D eigenvalue weighted by atomic mass is 9.94. The van der Waals surface area contributed by atoms with E-state index >= 15 is 0 Å². The van der Waals surface area contributed by atoms with Gasteiger partial charge in [0, 0.05) is 26.1 Å². The molecule has 0 aromatic heterocycles. The highest BCUT2D eigenvalue weighted by molar-refractivity contribution is 5.94. The molecule has 0 unspecified atom stereocenters. The molecule has 3 amide bonds. The Morgan fingerprint density at radius 1 is 1.20 bits per heavy atom. The van der Waals surface area contributed by atoms with Gasteiger partial charge in [-0.25, -0.2) is 4.79 Å². The van der Waals surface area contributed by atoms with Gasteiger partial charge in [0.2, 0.25) is 5.91 Å². The molecular formula is C11H18N2O2. The molecule has 2 aliphatic rings. The average molecular weight is 210 g/mol. The summed E-state index contributed by atoms with van der Waals surface area (Å²) in [5, 5.41) is 0. The van der Waals surface area contributed by atoms with E-state index in [0.717, 1.165) is 19.4 Å². The molecule has 2 fully saturated rings. The second-order valence-electron chi connectivity index (χ2n) is 4.44. The van der Waals surface area contributed by atoms with Gasteiger partial charge in [-0.15, -0.1) is 0 Å². The van der Waals surface area contributed by atoms with Gasteiger partial charge in [0.05, 0.1) is 0 Å². The number of hydrogen-bond acceptors (Lipinski definition) is 2. The van der Waals surface area contributed by atoms with Crippen LogP contribution in [0.3, 0.4) is 0 Å². The molecule has 4 heteroatoms. The van der Waals surface area contributed by atoms with E-state index in [2.05, 4.69) is 0 Å². The van der Waals surface area contributed by atoms with E-state index in [0.29, 0.717) is 12.6 Å². The molecule has 1 aliphatic heterocycles. The number of imide groups is 1. The summed E-state index contributed by atoms with van der Waals surface area (Å²) in [6, 6.07) is 0.310. The van der Waals surface area contributed by atoms with Crippen LogP contribution in [0.2, 0.25) is 0 Å². The maximum atomic E-state index is 11.9. The van der Waals surface area contributed by atoms with Crippen molar-refractivity contribution in [3.05, 3.63) is 0 Å². The lowest BCUT2D eigenvalue weighted by Gasteiger charge is -2.30. The first kappa shape index (κ1) is 10.5. The van der Waals surface area contributed by atoms with E-state index in [9.17, 15) is 9.59 Å². The van der Waals surface area contributed by atoms with Gasteiger partial charge in [-0.05, 0) is 12.8 Å². The third kappa shape index (κ3) is 1.98. The number of carbonyl (C=O) groups excluding carboxylic acids is 2. The normalized spacial score (nSPS) is 23.7. The fourth-order valence-electron chi connectivity index (χ4n) is 2.58. The number of rotatable bonds is 1. The fourth-order valence-corrected chi connectivity index (χ4v) is 2.58. The Kier molecular flexibility index (Phi) is 2.93. The molecule has 0 atom stereocenters. The first-order valence-corrected chi connectivity index (χ1v) is 5.79. The van der Waals surface area contributed by atoms with E-state index in [1.165, 1.54) is 31.1 Å². The number of amides is 3. The highest BCUT2D eigenvalue weighted by atomic mass is 16.2. The van der Waals surface area contributed by atoms with Gasteiger partial charge in [-0.3, -0.25) is 9.69 Å². The van der Waals surface area contributed by atoms with Gasteiger partial charge in [0.25, 0.3) is 0 Å². The second kappa shape index (κ2) is 4.21. The molecule has 2 rings (SSSR count). The van der Waals surface area contributed by atoms with Crippen molar-refractivity contribution < 1.29 is 9.59 Å². The van der Waals surface area contributed by atoms with Crippen molar-refractivity contribution in [2.45, 2.75) is 45.1 Å². The smallest absolute Gasteiger partial charge is 0.320 e. The molecule has 0 aromatic carbocycles. The number of nitrogens with zero attached hydrogens (tertiary/aromatic N) is 2. The first-order chi connectivity index (χ1) is 7.20. The summed E-state index contributed by atoms with van der Waals surface area (Å²) in [7, 11) is 0. The van der Waals surface area contributed by atoms with Crippen molar-refractivity contribution in [1.82, 2.24) is 9.80 Å². The molecule has 1 heterocycles. The van der Waals surface area contributed by atoms with E-state index in [1.54, 1.807) is 0 Å². The Balaban J connectivity index is 1.99. The quantitative estimate of drug-likeness (QED) is 0.659. The van der Waals surface area contributed by atoms with E-state index < -0.39 is 0 Å². The molecule has 1 aliphatic carbocycles. The summed E-state index contributed by atoms with van der Waals surface area (Å²) in [6.45, 7) is 2.76. The van der Waals surface area contributed by atoms with Crippen molar-refractivity contribution in [2.24, 2.45) is 0 Å². The van der Waals surface area contributed by atoms with Gasteiger partial charge in [0.1, 0.15) is 0 Å². The van der Waals surface area contributed by atoms with Crippen LogP contribution in [-0.2, 0) is 4.79 Å². The van der Waals surface area contributed by atoms with Crippen LogP contribution in [0.15, 0.2) is 0 Å². The second-order valence-corrected chi connectivity index (χ2v) is 4.44. The van der Waals surface area contributed by atoms with Gasteiger partial charge in [0.15, 0.2) is 0 Å². The van der Waals surface area contributed by atoms with Gasteiger partial charge in [-0.2, -0.15) is 0 Å². The topological polar surface area (TPSA) is 40.6 Å². The lowest BCUT2D eigenvalue weighted by molar-refractivity contribution is -0.125. The maximum Gasteiger partial charge on any atom is 0.327 e. The van der Waals surface area contributed by atoms with Crippen LogP contribution in [0.25, 0.3) is 0 Å². The van der Waals surface area contributed by atoms with Crippen LogP contribution in [0.1, 0.15) is 39.0 Å². The Hall–Kier alpha value is -1.06. The van der Waals surface area contributed by atoms with Crippen molar-refractivity contribution in [2.75, 3.05) is 13.1 Å². The Morgan fingerprint density at radius 3 is 2.40 bits per heavy atom. The molecule has 0 bridgehead atoms. The highest BCUT2D eigenvalue weighted by Gasteiger charge is 2.35. The summed E-state index contributed by atoms with van der Waals surface area (Å²) in [6.07, 6.45) is 5.94. The molecule has 4 nitrogen and oxygen atoms in total. The zero-order chi connectivity index (χ0) is 10.8. The minimum Gasteiger partial charge on any atom is -0.320 e. The number of hydrogen-bond donors (Lipinski definition) is 0. The Morgan fingerprint density at radius 2 is 1.87 bits per heavy atom. The van der Waals surface area contributed by atoms with Crippen LogP contribution >= 0.6 is 0 Å². The van der Waals surface area contributed by atoms with Gasteiger partial charge in [-0.1, -0.05) is 19.3 Å². The van der Waals surface area contributed by atoms with Crippen LogP contribution in [0.5, 0.6) is 0 Å². The van der Waals surface area contributed by atoms with Crippen molar-refractivity contribution in [3.8, 4) is 0 Å². The largest absolute Gasteiger partial charge is 0.327 e. The summed E-state index contributed by atoms with van der Waals surface area (Å²) < 4.78 is 0. The Bertz CT molecular complexity index is 272. The fraction of sp³-hybridized carbons (Fsp3) is 0.818. The molecule has 0 aromatic rings. The summed E-state index contributed by atoms with van der Waals surface area (Å²) >= 11 is 0. The summed E-state index contributed by atoms with van der Waals surface area (Å²) in [4.78, 5) is 26.3. The highest BCUT2D eigenvalue weighted by Crippen LogP contribution is 2.25. The summed E-state index contributed by atoms with van der Waals surface area (Å²) in [5.41, 5.74) is 0. The molecule has 15 heavy (non-hydrogen) atoms. The molecule has 84 valence electrons. The van der Waals surface area contributed by atoms with E-state index in [4.69, 9.17) is 0 Å². The van der Waals surface area contributed by atoms with E-state index in [-0.39, 0.29) is 11.9 Å². The van der Waals surface area contributed by atoms with Gasteiger partial charge < -0.3 is 4.90 Å². The van der Waals surface area contributed by atoms with Crippen molar-refractivity contribution >= 4 is 11.9 Å². The van der Waals surface area contributed by atoms with Crippen LogP contribution in [0, 0.1) is 0 Å². The third-order valence-corrected chi connectivity index (χ3v) is 3.44. The SMILES string of the molecule is CC(=O)N1CCN(C2CCCCC2)C1=O. The van der Waals surface area contributed by atoms with Crippen LogP contribution in [-0.4, -0.2) is 40.9 Å². The van der Waals surface area contributed by atoms with Crippen LogP contribution < -0.4 is 0 Å². The average Bonchev–Trinajstić information content (AvgIpc) is 2.61. The van der Waals surface area contributed by atoms with Crippen LogP contribution in [0.4, 0.5) is 4.79 Å². The molecule has 0 N–H and O–H groups in total. The first-order valence-electron chi connectivity index (χ1n) is 5.79. The summed E-state index contributed by atoms with van der Waals surface area (Å²) in [5.74, 6) is -0.127. The Labute approximate surface area is 90.2 Å². The monoisotopic (exact) mass is 210 g/mol. The minimum atomic E-state index is -0.127. The predicted octanol–water partition coefficient (Wildman–Crippen LogP) is 1.60. The molecule has 1 saturated heterocycles. The van der Waals surface area contributed by atoms with Gasteiger partial charge >= 0.3 is 6.03 Å².